The SMILES string of the molecule is C[C@H](OC(=O)/C=C/c1cccc(F)c1)C(=O)c1ccc(C(C)(C)C)cc1. The van der Waals surface area contributed by atoms with Gasteiger partial charge in [0.1, 0.15) is 5.82 Å². The highest BCUT2D eigenvalue weighted by molar-refractivity contribution is 6.01. The highest BCUT2D eigenvalue weighted by atomic mass is 19.1. The maximum atomic E-state index is 13.1. The lowest BCUT2D eigenvalue weighted by Crippen LogP contribution is -2.23. The predicted octanol–water partition coefficient (Wildman–Crippen LogP) is 4.95. The van der Waals surface area contributed by atoms with E-state index in [1.54, 1.807) is 24.3 Å². The summed E-state index contributed by atoms with van der Waals surface area (Å²) in [5.41, 5.74) is 2.16. The minimum atomic E-state index is -0.903. The van der Waals surface area contributed by atoms with Gasteiger partial charge in [0.05, 0.1) is 0 Å². The van der Waals surface area contributed by atoms with Crippen molar-refractivity contribution in [2.75, 3.05) is 0 Å². The summed E-state index contributed by atoms with van der Waals surface area (Å²) in [6.45, 7) is 7.82. The molecule has 0 N–H and O–H groups in total. The zero-order valence-electron chi connectivity index (χ0n) is 15.5. The molecule has 2 rings (SSSR count). The van der Waals surface area contributed by atoms with Gasteiger partial charge in [0.15, 0.2) is 6.10 Å². The molecule has 2 aromatic rings. The lowest BCUT2D eigenvalue weighted by Gasteiger charge is -2.19. The predicted molar refractivity (Wildman–Crippen MR) is 100 cm³/mol. The first-order valence-corrected chi connectivity index (χ1v) is 8.46. The van der Waals surface area contributed by atoms with Crippen molar-refractivity contribution in [1.82, 2.24) is 0 Å². The average Bonchev–Trinajstić information content (AvgIpc) is 2.58. The number of carbonyl (C=O) groups excluding carboxylic acids is 2. The minimum absolute atomic E-state index is 0.00136. The quantitative estimate of drug-likeness (QED) is 0.433. The Balaban J connectivity index is 1.99. The number of hydrogen-bond donors (Lipinski definition) is 0. The smallest absolute Gasteiger partial charge is 0.331 e. The second-order valence-electron chi connectivity index (χ2n) is 7.16. The standard InChI is InChI=1S/C22H23FO3/c1-15(21(25)17-9-11-18(12-10-17)22(2,3)4)26-20(24)13-8-16-6-5-7-19(23)14-16/h5-15H,1-4H3/b13-8+/t15-/m0/s1. The second kappa shape index (κ2) is 8.09. The van der Waals surface area contributed by atoms with Gasteiger partial charge in [0.2, 0.25) is 5.78 Å². The molecule has 136 valence electrons. The zero-order chi connectivity index (χ0) is 19.3. The molecule has 0 heterocycles. The van der Waals surface area contributed by atoms with Crippen LogP contribution >= 0.6 is 0 Å². The van der Waals surface area contributed by atoms with Crippen molar-refractivity contribution < 1.29 is 18.7 Å². The summed E-state index contributed by atoms with van der Waals surface area (Å²) in [6.07, 6.45) is 1.72. The number of halogens is 1. The van der Waals surface area contributed by atoms with Crippen molar-refractivity contribution in [2.24, 2.45) is 0 Å². The Morgan fingerprint density at radius 2 is 1.73 bits per heavy atom. The summed E-state index contributed by atoms with van der Waals surface area (Å²) >= 11 is 0. The van der Waals surface area contributed by atoms with Crippen molar-refractivity contribution in [3.63, 3.8) is 0 Å². The van der Waals surface area contributed by atoms with Gasteiger partial charge in [0.25, 0.3) is 0 Å². The molecule has 3 nitrogen and oxygen atoms in total. The normalized spacial score (nSPS) is 12.8. The van der Waals surface area contributed by atoms with Crippen LogP contribution in [0, 0.1) is 5.82 Å². The van der Waals surface area contributed by atoms with E-state index in [0.29, 0.717) is 11.1 Å². The largest absolute Gasteiger partial charge is 0.451 e. The van der Waals surface area contributed by atoms with Crippen LogP contribution in [-0.2, 0) is 14.9 Å². The highest BCUT2D eigenvalue weighted by Gasteiger charge is 2.20. The molecule has 0 aliphatic rings. The first-order valence-electron chi connectivity index (χ1n) is 8.46. The van der Waals surface area contributed by atoms with Crippen LogP contribution in [0.3, 0.4) is 0 Å². The second-order valence-corrected chi connectivity index (χ2v) is 7.16. The third-order valence-electron chi connectivity index (χ3n) is 3.96. The Labute approximate surface area is 153 Å². The van der Waals surface area contributed by atoms with Gasteiger partial charge < -0.3 is 4.74 Å². The summed E-state index contributed by atoms with van der Waals surface area (Å²) in [5.74, 6) is -1.30. The molecule has 26 heavy (non-hydrogen) atoms. The summed E-state index contributed by atoms with van der Waals surface area (Å²) in [7, 11) is 0. The number of esters is 1. The van der Waals surface area contributed by atoms with Crippen LogP contribution in [0.15, 0.2) is 54.6 Å². The van der Waals surface area contributed by atoms with Crippen LogP contribution in [0.5, 0.6) is 0 Å². The summed E-state index contributed by atoms with van der Waals surface area (Å²) < 4.78 is 18.2. The molecule has 0 bridgehead atoms. The number of ether oxygens (including phenoxy) is 1. The number of rotatable bonds is 5. The molecule has 4 heteroatoms. The number of hydrogen-bond acceptors (Lipinski definition) is 3. The van der Waals surface area contributed by atoms with Gasteiger partial charge in [-0.1, -0.05) is 57.2 Å². The Kier molecular flexibility index (Phi) is 6.09. The molecule has 0 aliphatic heterocycles. The lowest BCUT2D eigenvalue weighted by molar-refractivity contribution is -0.140. The first kappa shape index (κ1) is 19.6. The van der Waals surface area contributed by atoms with Gasteiger partial charge in [-0.2, -0.15) is 0 Å². The molecule has 2 aromatic carbocycles. The molecule has 0 radical (unpaired) electrons. The van der Waals surface area contributed by atoms with Crippen LogP contribution in [0.25, 0.3) is 6.08 Å². The van der Waals surface area contributed by atoms with E-state index in [1.165, 1.54) is 31.2 Å². The van der Waals surface area contributed by atoms with E-state index >= 15 is 0 Å². The van der Waals surface area contributed by atoms with Crippen LogP contribution in [0.4, 0.5) is 4.39 Å². The third kappa shape index (κ3) is 5.38. The van der Waals surface area contributed by atoms with Crippen molar-refractivity contribution >= 4 is 17.8 Å². The molecular weight excluding hydrogens is 331 g/mol. The van der Waals surface area contributed by atoms with E-state index < -0.39 is 12.1 Å². The molecule has 0 fully saturated rings. The van der Waals surface area contributed by atoms with Crippen molar-refractivity contribution in [1.29, 1.82) is 0 Å². The van der Waals surface area contributed by atoms with E-state index in [4.69, 9.17) is 4.74 Å². The number of ketones is 1. The Morgan fingerprint density at radius 3 is 2.31 bits per heavy atom. The molecule has 1 atom stereocenters. The molecule has 0 saturated carbocycles. The van der Waals surface area contributed by atoms with Crippen LogP contribution in [0.2, 0.25) is 0 Å². The fourth-order valence-corrected chi connectivity index (χ4v) is 2.41. The Bertz CT molecular complexity index is 814. The van der Waals surface area contributed by atoms with Gasteiger partial charge in [0, 0.05) is 11.6 Å². The maximum absolute atomic E-state index is 13.1. The molecule has 0 spiro atoms. The summed E-state index contributed by atoms with van der Waals surface area (Å²) in [6, 6.07) is 13.1. The van der Waals surface area contributed by atoms with Crippen molar-refractivity contribution in [3.8, 4) is 0 Å². The molecule has 0 saturated heterocycles. The summed E-state index contributed by atoms with van der Waals surface area (Å²) in [4.78, 5) is 24.3. The van der Waals surface area contributed by atoms with Gasteiger partial charge in [-0.3, -0.25) is 4.79 Å². The zero-order valence-corrected chi connectivity index (χ0v) is 15.5. The maximum Gasteiger partial charge on any atom is 0.331 e. The first-order chi connectivity index (χ1) is 12.2. The van der Waals surface area contributed by atoms with E-state index in [1.807, 2.05) is 12.1 Å². The van der Waals surface area contributed by atoms with Gasteiger partial charge in [-0.25, -0.2) is 9.18 Å². The van der Waals surface area contributed by atoms with Crippen molar-refractivity contribution in [3.05, 3.63) is 77.1 Å². The number of benzene rings is 2. The van der Waals surface area contributed by atoms with Gasteiger partial charge in [-0.15, -0.1) is 0 Å². The lowest BCUT2D eigenvalue weighted by atomic mass is 9.86. The molecule has 0 aromatic heterocycles. The number of Topliss-reactive ketones (excluding diaryl/α,β-unsaturated/α-hetero) is 1. The molecule has 0 aliphatic carbocycles. The fraction of sp³-hybridized carbons (Fsp3) is 0.273. The molecule has 0 amide bonds. The fourth-order valence-electron chi connectivity index (χ4n) is 2.41. The van der Waals surface area contributed by atoms with E-state index in [2.05, 4.69) is 20.8 Å². The van der Waals surface area contributed by atoms with E-state index in [9.17, 15) is 14.0 Å². The topological polar surface area (TPSA) is 43.4 Å². The Hall–Kier alpha value is -2.75. The minimum Gasteiger partial charge on any atom is -0.451 e. The van der Waals surface area contributed by atoms with Crippen LogP contribution < -0.4 is 0 Å². The average molecular weight is 354 g/mol. The highest BCUT2D eigenvalue weighted by Crippen LogP contribution is 2.22. The molecular formula is C22H23FO3. The van der Waals surface area contributed by atoms with Gasteiger partial charge >= 0.3 is 5.97 Å². The Morgan fingerprint density at radius 1 is 1.08 bits per heavy atom. The summed E-state index contributed by atoms with van der Waals surface area (Å²) in [5, 5.41) is 0. The van der Waals surface area contributed by atoms with Crippen LogP contribution in [-0.4, -0.2) is 17.9 Å². The number of carbonyl (C=O) groups is 2. The van der Waals surface area contributed by atoms with E-state index in [-0.39, 0.29) is 17.0 Å². The van der Waals surface area contributed by atoms with Crippen LogP contribution in [0.1, 0.15) is 49.2 Å². The van der Waals surface area contributed by atoms with Crippen molar-refractivity contribution in [2.45, 2.75) is 39.2 Å². The monoisotopic (exact) mass is 354 g/mol. The third-order valence-corrected chi connectivity index (χ3v) is 3.96. The molecule has 0 unspecified atom stereocenters. The van der Waals surface area contributed by atoms with E-state index in [0.717, 1.165) is 5.56 Å². The van der Waals surface area contributed by atoms with Gasteiger partial charge in [-0.05, 0) is 41.7 Å².